The number of aromatic amines is 1. The van der Waals surface area contributed by atoms with Gasteiger partial charge in [-0.3, -0.25) is 0 Å². The van der Waals surface area contributed by atoms with Gasteiger partial charge >= 0.3 is 5.97 Å². The van der Waals surface area contributed by atoms with Crippen molar-refractivity contribution in [2.24, 2.45) is 0 Å². The molecular weight excluding hydrogens is 306 g/mol. The molecule has 1 aromatic heterocycles. The van der Waals surface area contributed by atoms with Gasteiger partial charge in [0.05, 0.1) is 17.6 Å². The van der Waals surface area contributed by atoms with Crippen LogP contribution in [0.4, 0.5) is 5.69 Å². The summed E-state index contributed by atoms with van der Waals surface area (Å²) in [5, 5.41) is 12.3. The topological polar surface area (TPSA) is 87.2 Å². The van der Waals surface area contributed by atoms with Crippen LogP contribution in [-0.2, 0) is 11.3 Å². The van der Waals surface area contributed by atoms with Crippen molar-refractivity contribution in [2.45, 2.75) is 26.0 Å². The van der Waals surface area contributed by atoms with Crippen molar-refractivity contribution >= 4 is 22.7 Å². The van der Waals surface area contributed by atoms with E-state index >= 15 is 0 Å². The van der Waals surface area contributed by atoms with Crippen LogP contribution < -0.4 is 10.1 Å². The third kappa shape index (κ3) is 3.48. The molecule has 0 saturated heterocycles. The SMILES string of the molecule is CC(C)(Oc1ccc(NCc2nc3ccccc3[nH]2)cc1)C(=O)O. The van der Waals surface area contributed by atoms with E-state index in [-0.39, 0.29) is 0 Å². The van der Waals surface area contributed by atoms with Crippen LogP contribution in [0, 0.1) is 0 Å². The second-order valence-electron chi connectivity index (χ2n) is 6.00. The van der Waals surface area contributed by atoms with Gasteiger partial charge in [0.1, 0.15) is 11.6 Å². The molecule has 24 heavy (non-hydrogen) atoms. The van der Waals surface area contributed by atoms with Gasteiger partial charge in [0.25, 0.3) is 0 Å². The van der Waals surface area contributed by atoms with Crippen LogP contribution in [0.1, 0.15) is 19.7 Å². The van der Waals surface area contributed by atoms with E-state index in [1.165, 1.54) is 13.8 Å². The van der Waals surface area contributed by atoms with Crippen molar-refractivity contribution in [2.75, 3.05) is 5.32 Å². The third-order valence-corrected chi connectivity index (χ3v) is 3.64. The number of hydrogen-bond donors (Lipinski definition) is 3. The van der Waals surface area contributed by atoms with Crippen LogP contribution in [0.25, 0.3) is 11.0 Å². The van der Waals surface area contributed by atoms with Gasteiger partial charge in [-0.15, -0.1) is 0 Å². The van der Waals surface area contributed by atoms with Crippen molar-refractivity contribution in [3.63, 3.8) is 0 Å². The number of nitrogens with one attached hydrogen (secondary N) is 2. The largest absolute Gasteiger partial charge is 0.478 e. The molecule has 0 amide bonds. The molecule has 0 spiro atoms. The molecule has 3 N–H and O–H groups in total. The number of carboxylic acid groups (broad SMARTS) is 1. The summed E-state index contributed by atoms with van der Waals surface area (Å²) in [6, 6.07) is 15.0. The molecule has 6 heteroatoms. The highest BCUT2D eigenvalue weighted by atomic mass is 16.5. The number of H-pyrrole nitrogens is 1. The Labute approximate surface area is 139 Å². The molecule has 0 bridgehead atoms. The fraction of sp³-hybridized carbons (Fsp3) is 0.222. The molecule has 3 aromatic rings. The van der Waals surface area contributed by atoms with Gasteiger partial charge in [0.15, 0.2) is 5.60 Å². The average Bonchev–Trinajstić information content (AvgIpc) is 2.96. The molecule has 0 aliphatic carbocycles. The standard InChI is InChI=1S/C18H19N3O3/c1-18(2,17(22)23)24-13-9-7-12(8-10-13)19-11-16-20-14-5-3-4-6-15(14)21-16/h3-10,19H,11H2,1-2H3,(H,20,21)(H,22,23). The predicted molar refractivity (Wildman–Crippen MR) is 92.2 cm³/mol. The van der Waals surface area contributed by atoms with Gasteiger partial charge in [-0.25, -0.2) is 9.78 Å². The van der Waals surface area contributed by atoms with Gasteiger partial charge in [0.2, 0.25) is 0 Å². The van der Waals surface area contributed by atoms with Crippen LogP contribution in [0.15, 0.2) is 48.5 Å². The zero-order valence-corrected chi connectivity index (χ0v) is 13.5. The summed E-state index contributed by atoms with van der Waals surface area (Å²) in [6.07, 6.45) is 0. The van der Waals surface area contributed by atoms with E-state index in [1.807, 2.05) is 36.4 Å². The van der Waals surface area contributed by atoms with Gasteiger partial charge in [-0.2, -0.15) is 0 Å². The number of aliphatic carboxylic acids is 1. The van der Waals surface area contributed by atoms with Gasteiger partial charge < -0.3 is 20.1 Å². The molecule has 124 valence electrons. The Bertz CT molecular complexity index is 820. The van der Waals surface area contributed by atoms with Crippen LogP contribution in [-0.4, -0.2) is 26.6 Å². The molecule has 0 aliphatic heterocycles. The second kappa shape index (κ2) is 6.23. The number of carboxylic acids is 1. The first-order valence-electron chi connectivity index (χ1n) is 7.64. The molecule has 2 aromatic carbocycles. The van der Waals surface area contributed by atoms with Gasteiger partial charge in [0, 0.05) is 5.69 Å². The minimum absolute atomic E-state index is 0.511. The Morgan fingerprint density at radius 3 is 2.58 bits per heavy atom. The molecule has 0 aliphatic rings. The maximum Gasteiger partial charge on any atom is 0.347 e. The number of hydrogen-bond acceptors (Lipinski definition) is 4. The summed E-state index contributed by atoms with van der Waals surface area (Å²) in [7, 11) is 0. The number of ether oxygens (including phenoxy) is 1. The fourth-order valence-electron chi connectivity index (χ4n) is 2.25. The minimum Gasteiger partial charge on any atom is -0.478 e. The number of carbonyl (C=O) groups is 1. The molecule has 1 heterocycles. The van der Waals surface area contributed by atoms with E-state index < -0.39 is 11.6 Å². The van der Waals surface area contributed by atoms with E-state index in [4.69, 9.17) is 9.84 Å². The molecule has 0 atom stereocenters. The second-order valence-corrected chi connectivity index (χ2v) is 6.00. The number of fused-ring (bicyclic) bond motifs is 1. The summed E-state index contributed by atoms with van der Waals surface area (Å²) < 4.78 is 5.48. The van der Waals surface area contributed by atoms with Crippen molar-refractivity contribution < 1.29 is 14.6 Å². The summed E-state index contributed by atoms with van der Waals surface area (Å²) in [6.45, 7) is 3.60. The minimum atomic E-state index is -1.26. The monoisotopic (exact) mass is 325 g/mol. The van der Waals surface area contributed by atoms with Crippen LogP contribution in [0.5, 0.6) is 5.75 Å². The number of benzene rings is 2. The molecular formula is C18H19N3O3. The van der Waals surface area contributed by atoms with Crippen molar-refractivity contribution in [1.82, 2.24) is 9.97 Å². The Morgan fingerprint density at radius 2 is 1.92 bits per heavy atom. The predicted octanol–water partition coefficient (Wildman–Crippen LogP) is 3.42. The lowest BCUT2D eigenvalue weighted by Gasteiger charge is -2.21. The lowest BCUT2D eigenvalue weighted by molar-refractivity contribution is -0.152. The molecule has 0 unspecified atom stereocenters. The normalized spacial score (nSPS) is 11.4. The van der Waals surface area contributed by atoms with E-state index in [0.717, 1.165) is 22.5 Å². The van der Waals surface area contributed by atoms with E-state index in [0.29, 0.717) is 12.3 Å². The summed E-state index contributed by atoms with van der Waals surface area (Å²) in [5.74, 6) is 0.356. The third-order valence-electron chi connectivity index (χ3n) is 3.64. The van der Waals surface area contributed by atoms with Gasteiger partial charge in [-0.05, 0) is 50.2 Å². The lowest BCUT2D eigenvalue weighted by atomic mass is 10.1. The molecule has 6 nitrogen and oxygen atoms in total. The highest BCUT2D eigenvalue weighted by Crippen LogP contribution is 2.21. The maximum absolute atomic E-state index is 11.1. The molecule has 3 rings (SSSR count). The number of anilines is 1. The Balaban J connectivity index is 1.63. The van der Waals surface area contributed by atoms with E-state index in [1.54, 1.807) is 12.1 Å². The van der Waals surface area contributed by atoms with Crippen molar-refractivity contribution in [3.05, 3.63) is 54.4 Å². The Kier molecular flexibility index (Phi) is 4.12. The molecule has 0 saturated carbocycles. The average molecular weight is 325 g/mol. The summed E-state index contributed by atoms with van der Waals surface area (Å²) >= 11 is 0. The van der Waals surface area contributed by atoms with Crippen molar-refractivity contribution in [1.29, 1.82) is 0 Å². The lowest BCUT2D eigenvalue weighted by Crippen LogP contribution is -2.37. The summed E-state index contributed by atoms with van der Waals surface area (Å²) in [4.78, 5) is 18.8. The van der Waals surface area contributed by atoms with Crippen LogP contribution in [0.2, 0.25) is 0 Å². The zero-order chi connectivity index (χ0) is 17.2. The highest BCUT2D eigenvalue weighted by molar-refractivity contribution is 5.77. The van der Waals surface area contributed by atoms with Crippen LogP contribution >= 0.6 is 0 Å². The first kappa shape index (κ1) is 15.9. The quantitative estimate of drug-likeness (QED) is 0.646. The smallest absolute Gasteiger partial charge is 0.347 e. The number of imidazole rings is 1. The number of nitrogens with zero attached hydrogens (tertiary/aromatic N) is 1. The Morgan fingerprint density at radius 1 is 1.21 bits per heavy atom. The number of para-hydroxylation sites is 2. The zero-order valence-electron chi connectivity index (χ0n) is 13.5. The Hall–Kier alpha value is -3.02. The number of aromatic nitrogens is 2. The highest BCUT2D eigenvalue weighted by Gasteiger charge is 2.29. The van der Waals surface area contributed by atoms with E-state index in [9.17, 15) is 4.79 Å². The molecule has 0 fully saturated rings. The van der Waals surface area contributed by atoms with Crippen molar-refractivity contribution in [3.8, 4) is 5.75 Å². The maximum atomic E-state index is 11.1. The van der Waals surface area contributed by atoms with E-state index in [2.05, 4.69) is 15.3 Å². The van der Waals surface area contributed by atoms with Crippen LogP contribution in [0.3, 0.4) is 0 Å². The fourth-order valence-corrected chi connectivity index (χ4v) is 2.25. The first-order valence-corrected chi connectivity index (χ1v) is 7.64. The van der Waals surface area contributed by atoms with Gasteiger partial charge in [-0.1, -0.05) is 12.1 Å². The first-order chi connectivity index (χ1) is 11.4. The molecule has 0 radical (unpaired) electrons. The summed E-state index contributed by atoms with van der Waals surface area (Å²) in [5.41, 5.74) is 1.59. The number of rotatable bonds is 6.